The average molecular weight is 542 g/mol. The van der Waals surface area contributed by atoms with Crippen LogP contribution in [-0.2, 0) is 27.9 Å². The molecule has 0 aromatic heterocycles. The highest BCUT2D eigenvalue weighted by Gasteiger charge is 2.57. The lowest BCUT2D eigenvalue weighted by molar-refractivity contribution is -0.131. The van der Waals surface area contributed by atoms with Gasteiger partial charge in [-0.2, -0.15) is 8.42 Å². The van der Waals surface area contributed by atoms with E-state index in [1.165, 1.54) is 33.3 Å². The van der Waals surface area contributed by atoms with Gasteiger partial charge in [-0.3, -0.25) is 9.69 Å². The van der Waals surface area contributed by atoms with Crippen LogP contribution in [-0.4, -0.2) is 39.4 Å². The van der Waals surface area contributed by atoms with Crippen molar-refractivity contribution in [1.82, 2.24) is 9.80 Å². The zero-order valence-electron chi connectivity index (χ0n) is 18.9. The van der Waals surface area contributed by atoms with Gasteiger partial charge in [0.1, 0.15) is 0 Å². The summed E-state index contributed by atoms with van der Waals surface area (Å²) in [6.45, 7) is 2.77. The lowest BCUT2D eigenvalue weighted by atomic mass is 10.2. The van der Waals surface area contributed by atoms with E-state index in [2.05, 4.69) is 4.40 Å². The first-order valence-corrected chi connectivity index (χ1v) is 15.5. The Labute approximate surface area is 217 Å². The maximum Gasteiger partial charge on any atom is 0.284 e. The maximum absolute atomic E-state index is 13.2. The van der Waals surface area contributed by atoms with Gasteiger partial charge >= 0.3 is 0 Å². The lowest BCUT2D eigenvalue weighted by Crippen LogP contribution is -2.52. The Morgan fingerprint density at radius 3 is 2.03 bits per heavy atom. The molecule has 6 nitrogen and oxygen atoms in total. The zero-order chi connectivity index (χ0) is 24.5. The normalized spacial score (nSPS) is 21.4. The minimum atomic E-state index is -3.92. The number of aryl methyl sites for hydroxylation is 1. The van der Waals surface area contributed by atoms with E-state index in [4.69, 9.17) is 0 Å². The molecule has 0 radical (unpaired) electrons. The summed E-state index contributed by atoms with van der Waals surface area (Å²) in [6, 6.07) is 26.4. The molecule has 10 heteroatoms. The molecule has 2 aliphatic rings. The second kappa shape index (κ2) is 9.93. The smallest absolute Gasteiger partial charge is 0.284 e. The van der Waals surface area contributed by atoms with E-state index < -0.39 is 14.4 Å². The average Bonchev–Trinajstić information content (AvgIpc) is 3.35. The molecule has 1 amide bonds. The van der Waals surface area contributed by atoms with Crippen LogP contribution in [0.15, 0.2) is 94.2 Å². The van der Waals surface area contributed by atoms with Gasteiger partial charge in [0, 0.05) is 13.1 Å². The van der Waals surface area contributed by atoms with Crippen LogP contribution < -0.4 is 0 Å². The van der Waals surface area contributed by atoms with E-state index in [0.29, 0.717) is 24.0 Å². The van der Waals surface area contributed by atoms with Crippen molar-refractivity contribution < 1.29 is 13.2 Å². The molecular weight excluding hydrogens is 519 g/mol. The molecule has 5 rings (SSSR count). The standard InChI is InChI=1S/C25H23N3O3S4/c1-19-12-14-22(15-13-19)35(30,31)26-24-28(17-21-10-6-3-7-11-21)25(34-33-24)27(23(29)18-32-25)16-20-8-4-2-5-9-20/h2-15H,16-18H2,1H3/b26-24-. The van der Waals surface area contributed by atoms with Gasteiger partial charge in [-0.15, -0.1) is 4.40 Å². The lowest BCUT2D eigenvalue weighted by Gasteiger charge is -2.40. The van der Waals surface area contributed by atoms with Crippen LogP contribution in [0.25, 0.3) is 0 Å². The van der Waals surface area contributed by atoms with Crippen molar-refractivity contribution in [2.24, 2.45) is 4.40 Å². The molecule has 0 saturated carbocycles. The van der Waals surface area contributed by atoms with E-state index in [-0.39, 0.29) is 10.8 Å². The van der Waals surface area contributed by atoms with Crippen molar-refractivity contribution in [3.05, 3.63) is 102 Å². The van der Waals surface area contributed by atoms with Gasteiger partial charge in [-0.25, -0.2) is 0 Å². The first-order valence-electron chi connectivity index (χ1n) is 10.9. The van der Waals surface area contributed by atoms with Crippen molar-refractivity contribution in [2.45, 2.75) is 29.2 Å². The number of nitrogens with zero attached hydrogens (tertiary/aromatic N) is 3. The Morgan fingerprint density at radius 1 is 0.857 bits per heavy atom. The molecule has 2 aliphatic heterocycles. The largest absolute Gasteiger partial charge is 0.304 e. The fourth-order valence-electron chi connectivity index (χ4n) is 3.88. The molecule has 1 unspecified atom stereocenters. The summed E-state index contributed by atoms with van der Waals surface area (Å²) in [6.07, 6.45) is 0. The molecule has 0 N–H and O–H groups in total. The first kappa shape index (κ1) is 24.3. The number of sulfonamides is 1. The Balaban J connectivity index is 1.55. The van der Waals surface area contributed by atoms with Crippen LogP contribution in [0.4, 0.5) is 0 Å². The molecule has 2 heterocycles. The quantitative estimate of drug-likeness (QED) is 0.391. The summed E-state index contributed by atoms with van der Waals surface area (Å²) < 4.78 is 29.9. The number of carbonyl (C=O) groups is 1. The molecule has 2 saturated heterocycles. The number of hydrogen-bond acceptors (Lipinski definition) is 6. The number of carbonyl (C=O) groups excluding carboxylic acids is 1. The molecule has 180 valence electrons. The van der Waals surface area contributed by atoms with Gasteiger partial charge in [0.05, 0.1) is 10.6 Å². The minimum Gasteiger partial charge on any atom is -0.304 e. The van der Waals surface area contributed by atoms with Crippen molar-refractivity contribution >= 4 is 54.4 Å². The number of hydrogen-bond donors (Lipinski definition) is 0. The number of benzene rings is 3. The Hall–Kier alpha value is -2.40. The second-order valence-electron chi connectivity index (χ2n) is 8.20. The molecule has 3 aromatic carbocycles. The van der Waals surface area contributed by atoms with Gasteiger partial charge in [-0.1, -0.05) is 90.1 Å². The molecule has 0 bridgehead atoms. The predicted molar refractivity (Wildman–Crippen MR) is 145 cm³/mol. The highest BCUT2D eigenvalue weighted by molar-refractivity contribution is 8.84. The van der Waals surface area contributed by atoms with Crippen LogP contribution in [0.5, 0.6) is 0 Å². The van der Waals surface area contributed by atoms with E-state index in [9.17, 15) is 13.2 Å². The summed E-state index contributed by atoms with van der Waals surface area (Å²) in [4.78, 5) is 17.0. The highest BCUT2D eigenvalue weighted by Crippen LogP contribution is 2.60. The van der Waals surface area contributed by atoms with Crippen LogP contribution in [0.3, 0.4) is 0 Å². The zero-order valence-corrected chi connectivity index (χ0v) is 22.2. The summed E-state index contributed by atoms with van der Waals surface area (Å²) in [5.41, 5.74) is 3.00. The molecule has 3 aromatic rings. The monoisotopic (exact) mass is 541 g/mol. The van der Waals surface area contributed by atoms with E-state index in [0.717, 1.165) is 16.7 Å². The Kier molecular flexibility index (Phi) is 6.89. The third-order valence-corrected chi connectivity index (χ3v) is 11.8. The van der Waals surface area contributed by atoms with Gasteiger partial charge in [0.25, 0.3) is 10.0 Å². The number of thioether (sulfide) groups is 1. The fraction of sp³-hybridized carbons (Fsp3) is 0.200. The molecule has 1 atom stereocenters. The van der Waals surface area contributed by atoms with Crippen LogP contribution in [0, 0.1) is 6.92 Å². The molecule has 35 heavy (non-hydrogen) atoms. The predicted octanol–water partition coefficient (Wildman–Crippen LogP) is 5.32. The summed E-state index contributed by atoms with van der Waals surface area (Å²) >= 11 is 1.51. The molecular formula is C25H23N3O3S4. The molecule has 0 aliphatic carbocycles. The van der Waals surface area contributed by atoms with Gasteiger partial charge < -0.3 is 4.90 Å². The number of amides is 1. The van der Waals surface area contributed by atoms with Crippen molar-refractivity contribution in [1.29, 1.82) is 0 Å². The van der Waals surface area contributed by atoms with Crippen LogP contribution >= 0.6 is 33.3 Å². The topological polar surface area (TPSA) is 70.0 Å². The van der Waals surface area contributed by atoms with Crippen LogP contribution in [0.1, 0.15) is 16.7 Å². The Morgan fingerprint density at radius 2 is 1.43 bits per heavy atom. The fourth-order valence-corrected chi connectivity index (χ4v) is 10.1. The van der Waals surface area contributed by atoms with Crippen molar-refractivity contribution in [3.63, 3.8) is 0 Å². The summed E-state index contributed by atoms with van der Waals surface area (Å²) in [5.74, 6) is 0.344. The van der Waals surface area contributed by atoms with Gasteiger partial charge in [0.2, 0.25) is 10.2 Å². The van der Waals surface area contributed by atoms with E-state index in [1.54, 1.807) is 24.3 Å². The molecule has 2 fully saturated rings. The summed E-state index contributed by atoms with van der Waals surface area (Å²) in [7, 11) is -1.14. The van der Waals surface area contributed by atoms with E-state index in [1.807, 2.05) is 77.4 Å². The third-order valence-electron chi connectivity index (χ3n) is 5.71. The maximum atomic E-state index is 13.2. The number of amidine groups is 1. The third kappa shape index (κ3) is 4.97. The first-order chi connectivity index (χ1) is 16.9. The second-order valence-corrected chi connectivity index (χ2v) is 13.5. The van der Waals surface area contributed by atoms with E-state index >= 15 is 0 Å². The number of rotatable bonds is 6. The van der Waals surface area contributed by atoms with Gasteiger partial charge in [-0.05, 0) is 51.8 Å². The van der Waals surface area contributed by atoms with Crippen LogP contribution in [0.2, 0.25) is 0 Å². The Bertz CT molecular complexity index is 1350. The summed E-state index contributed by atoms with van der Waals surface area (Å²) in [5, 5.41) is 0.375. The van der Waals surface area contributed by atoms with Gasteiger partial charge in [0.15, 0.2) is 5.17 Å². The SMILES string of the molecule is Cc1ccc(S(=O)(=O)/N=C2\SSC3(SCC(=O)N3Cc3ccccc3)N2Cc2ccccc2)cc1. The molecule has 1 spiro atoms. The minimum absolute atomic E-state index is 0.0210. The van der Waals surface area contributed by atoms with Crippen molar-refractivity contribution in [3.8, 4) is 0 Å². The highest BCUT2D eigenvalue weighted by atomic mass is 33.1. The van der Waals surface area contributed by atoms with Crippen molar-refractivity contribution in [2.75, 3.05) is 5.75 Å².